The predicted molar refractivity (Wildman–Crippen MR) is 202 cm³/mol. The van der Waals surface area contributed by atoms with Gasteiger partial charge in [0, 0.05) is 37.8 Å². The maximum atomic E-state index is 12.3. The molecule has 2 fully saturated rings. The summed E-state index contributed by atoms with van der Waals surface area (Å²) in [5.41, 5.74) is 4.20. The van der Waals surface area contributed by atoms with Crippen molar-refractivity contribution in [3.63, 3.8) is 0 Å². The first-order valence-electron chi connectivity index (χ1n) is 17.5. The molecule has 0 spiro atoms. The van der Waals surface area contributed by atoms with E-state index in [1.807, 2.05) is 38.9 Å². The summed E-state index contributed by atoms with van der Waals surface area (Å²) >= 11 is 4.42. The van der Waals surface area contributed by atoms with Gasteiger partial charge >= 0.3 is 6.03 Å². The lowest BCUT2D eigenvalue weighted by Crippen LogP contribution is -2.56. The highest BCUT2D eigenvalue weighted by atomic mass is 32.1. The molecule has 1 saturated carbocycles. The number of amides is 4. The van der Waals surface area contributed by atoms with Crippen LogP contribution in [0.25, 0.3) is 0 Å². The van der Waals surface area contributed by atoms with Crippen molar-refractivity contribution < 1.29 is 24.0 Å². The normalized spacial score (nSPS) is 17.6. The predicted octanol–water partition coefficient (Wildman–Crippen LogP) is 4.18. The number of urea groups is 1. The number of aldehydes is 1. The molecule has 1 saturated heterocycles. The second-order valence-electron chi connectivity index (χ2n) is 14.9. The van der Waals surface area contributed by atoms with Crippen molar-refractivity contribution in [2.45, 2.75) is 146 Å². The van der Waals surface area contributed by atoms with Gasteiger partial charge in [-0.25, -0.2) is 9.10 Å². The van der Waals surface area contributed by atoms with E-state index in [1.165, 1.54) is 39.2 Å². The van der Waals surface area contributed by atoms with Gasteiger partial charge in [-0.05, 0) is 70.9 Å². The van der Waals surface area contributed by atoms with Gasteiger partial charge in [-0.15, -0.1) is 0 Å². The molecule has 1 aliphatic heterocycles. The lowest BCUT2D eigenvalue weighted by atomic mass is 9.86. The second kappa shape index (κ2) is 26.6. The molecule has 2 aliphatic rings. The number of nitrogens with one attached hydrogen (secondary N) is 4. The largest absolute Gasteiger partial charge is 0.363 e. The van der Waals surface area contributed by atoms with Crippen LogP contribution < -0.4 is 27.0 Å². The Balaban J connectivity index is -0.000000704. The van der Waals surface area contributed by atoms with Crippen molar-refractivity contribution >= 4 is 43.2 Å². The third-order valence-electron chi connectivity index (χ3n) is 7.87. The molecule has 12 nitrogen and oxygen atoms in total. The Kier molecular flexibility index (Phi) is 27.8. The van der Waals surface area contributed by atoms with E-state index < -0.39 is 23.8 Å². The van der Waals surface area contributed by atoms with Crippen LogP contribution in [0.2, 0.25) is 0 Å². The number of Topliss-reactive ketones (excluding diaryl/α,β-unsaturated/α-hetero) is 1. The first-order chi connectivity index (χ1) is 22.1. The number of primary amides is 1. The van der Waals surface area contributed by atoms with Gasteiger partial charge in [0.25, 0.3) is 5.91 Å². The smallest absolute Gasteiger partial charge is 0.315 e. The van der Waals surface area contributed by atoms with Crippen LogP contribution in [-0.2, 0) is 19.2 Å². The van der Waals surface area contributed by atoms with E-state index in [1.54, 1.807) is 0 Å². The van der Waals surface area contributed by atoms with Crippen molar-refractivity contribution in [1.29, 1.82) is 0 Å². The number of carbonyl (C=O) groups is 5. The van der Waals surface area contributed by atoms with Gasteiger partial charge in [0.1, 0.15) is 6.29 Å². The van der Waals surface area contributed by atoms with Gasteiger partial charge in [-0.3, -0.25) is 14.4 Å². The summed E-state index contributed by atoms with van der Waals surface area (Å²) in [7, 11) is 2.19. The minimum absolute atomic E-state index is 0.0628. The molecule has 0 aromatic heterocycles. The second-order valence-corrected chi connectivity index (χ2v) is 15.4. The number of rotatable bonds is 13. The van der Waals surface area contributed by atoms with Gasteiger partial charge in [0.15, 0.2) is 0 Å². The highest BCUT2D eigenvalue weighted by molar-refractivity contribution is 7.77. The quantitative estimate of drug-likeness (QED) is 0.0720. The molecule has 2 rings (SSSR count). The highest BCUT2D eigenvalue weighted by Gasteiger charge is 2.29. The van der Waals surface area contributed by atoms with E-state index in [2.05, 4.69) is 100 Å². The molecule has 48 heavy (non-hydrogen) atoms. The number of thiol groups is 1. The molecule has 0 bridgehead atoms. The summed E-state index contributed by atoms with van der Waals surface area (Å²) in [6.07, 6.45) is 6.90. The standard InChI is InChI=1S/C18H38N4O2S.C6H13N.C5H8N2O3.C4H8.C2H6/c1-13(2)22(25)10-9-19-11-14(17(3,4)5)20-16(24)21-15(12-23)18(6,7)8;1-6-4-3-5-7(6)2;1-3(7-2-8)4(9)5(6)10;1-4-2-3-4;1-2/h12-15,19,25H,9-11H2,1-8H3,(H2,20,21,24);6H,3-5H2,1-2H3;2-3H,1H3,(H2,6,10)(H,7,8);4H,2-3H2,1H3;1-2H3. The fourth-order valence-corrected chi connectivity index (χ4v) is 3.80. The zero-order chi connectivity index (χ0) is 38.3. The Morgan fingerprint density at radius 2 is 1.48 bits per heavy atom. The van der Waals surface area contributed by atoms with E-state index in [9.17, 15) is 24.0 Å². The number of nitrogens with two attached hydrogens (primary N) is 1. The van der Waals surface area contributed by atoms with Crippen LogP contribution in [-0.4, -0.2) is 103 Å². The van der Waals surface area contributed by atoms with Crippen molar-refractivity contribution in [1.82, 2.24) is 30.5 Å². The molecule has 4 unspecified atom stereocenters. The summed E-state index contributed by atoms with van der Waals surface area (Å²) < 4.78 is 1.97. The average molecular weight is 704 g/mol. The van der Waals surface area contributed by atoms with Gasteiger partial charge in [-0.2, -0.15) is 0 Å². The first-order valence-corrected chi connectivity index (χ1v) is 17.9. The molecule has 4 atom stereocenters. The van der Waals surface area contributed by atoms with Gasteiger partial charge < -0.3 is 36.7 Å². The molecule has 0 radical (unpaired) electrons. The maximum absolute atomic E-state index is 12.3. The molecule has 4 amide bonds. The molecule has 0 aromatic carbocycles. The van der Waals surface area contributed by atoms with E-state index >= 15 is 0 Å². The van der Waals surface area contributed by atoms with Crippen molar-refractivity contribution in [3.05, 3.63) is 0 Å². The monoisotopic (exact) mass is 704 g/mol. The van der Waals surface area contributed by atoms with Crippen LogP contribution in [0.5, 0.6) is 0 Å². The summed E-state index contributed by atoms with van der Waals surface area (Å²) in [6.45, 7) is 29.7. The van der Waals surface area contributed by atoms with Crippen molar-refractivity contribution in [2.24, 2.45) is 22.5 Å². The zero-order valence-corrected chi connectivity index (χ0v) is 33.6. The Morgan fingerprint density at radius 1 is 0.958 bits per heavy atom. The first kappa shape index (κ1) is 50.2. The highest BCUT2D eigenvalue weighted by Crippen LogP contribution is 2.26. The fourth-order valence-electron chi connectivity index (χ4n) is 3.70. The van der Waals surface area contributed by atoms with Crippen molar-refractivity contribution in [2.75, 3.05) is 33.2 Å². The van der Waals surface area contributed by atoms with Crippen molar-refractivity contribution in [3.8, 4) is 0 Å². The maximum Gasteiger partial charge on any atom is 0.315 e. The van der Waals surface area contributed by atoms with Crippen LogP contribution >= 0.6 is 12.8 Å². The number of hydrogen-bond acceptors (Lipinski definition) is 9. The third-order valence-corrected chi connectivity index (χ3v) is 8.54. The minimum Gasteiger partial charge on any atom is -0.363 e. The molecular weight excluding hydrogens is 630 g/mol. The lowest BCUT2D eigenvalue weighted by Gasteiger charge is -2.33. The van der Waals surface area contributed by atoms with Crippen LogP contribution in [0, 0.1) is 16.7 Å². The van der Waals surface area contributed by atoms with Crippen LogP contribution in [0.15, 0.2) is 0 Å². The Labute approximate surface area is 298 Å². The molecule has 0 aromatic rings. The Hall–Kier alpha value is -2.22. The number of nitrogens with zero attached hydrogens (tertiary/aromatic N) is 2. The zero-order valence-electron chi connectivity index (χ0n) is 32.7. The molecule has 1 heterocycles. The van der Waals surface area contributed by atoms with E-state index in [-0.39, 0.29) is 22.9 Å². The molecule has 6 N–H and O–H groups in total. The fraction of sp³-hybridized carbons (Fsp3) is 0.857. The molecular formula is C35H73N7O5S. The molecule has 284 valence electrons. The van der Waals surface area contributed by atoms with Gasteiger partial charge in [0.05, 0.1) is 12.1 Å². The summed E-state index contributed by atoms with van der Waals surface area (Å²) in [6, 6.07) is -0.496. The van der Waals surface area contributed by atoms with Crippen LogP contribution in [0.1, 0.15) is 116 Å². The van der Waals surface area contributed by atoms with Gasteiger partial charge in [0.2, 0.25) is 12.2 Å². The Bertz CT molecular complexity index is 897. The van der Waals surface area contributed by atoms with Crippen LogP contribution in [0.4, 0.5) is 4.79 Å². The van der Waals surface area contributed by atoms with Crippen LogP contribution in [0.3, 0.4) is 0 Å². The average Bonchev–Trinajstić information content (AvgIpc) is 3.69. The summed E-state index contributed by atoms with van der Waals surface area (Å²) in [5.74, 6) is -0.756. The third kappa shape index (κ3) is 26.7. The van der Waals surface area contributed by atoms with E-state index in [0.717, 1.165) is 31.3 Å². The lowest BCUT2D eigenvalue weighted by molar-refractivity contribution is -0.137. The van der Waals surface area contributed by atoms with Gasteiger partial charge in [-0.1, -0.05) is 88.0 Å². The molecule has 13 heteroatoms. The summed E-state index contributed by atoms with van der Waals surface area (Å²) in [4.78, 5) is 56.3. The summed E-state index contributed by atoms with van der Waals surface area (Å²) in [5, 5.41) is 11.2. The van der Waals surface area contributed by atoms with E-state index in [4.69, 9.17) is 0 Å². The molecule has 1 aliphatic carbocycles. The number of hydrogen-bond donors (Lipinski definition) is 6. The topological polar surface area (TPSA) is 166 Å². The minimum atomic E-state index is -1.04. The number of ketones is 1. The SMILES string of the molecule is CC.CC(C)N(S)CCNCC(NC(=O)NC(C=O)C(C)(C)C)C(C)(C)C.CC(NC=O)C(=O)C(N)=O.CC1CC1.CC1CCCN1C. The number of likely N-dealkylation sites (tertiary alicyclic amines) is 1. The Morgan fingerprint density at radius 3 is 1.77 bits per heavy atom. The van der Waals surface area contributed by atoms with E-state index in [0.29, 0.717) is 19.0 Å². The number of carbonyl (C=O) groups excluding carboxylic acids is 5.